The third kappa shape index (κ3) is 2.45. The lowest BCUT2D eigenvalue weighted by Crippen LogP contribution is -2.54. The molecule has 0 saturated heterocycles. The lowest BCUT2D eigenvalue weighted by molar-refractivity contribution is -0.125. The summed E-state index contributed by atoms with van der Waals surface area (Å²) in [6, 6.07) is 5.93. The second kappa shape index (κ2) is 5.61. The Bertz CT molecular complexity index is 473. The summed E-state index contributed by atoms with van der Waals surface area (Å²) in [4.78, 5) is 12.1. The van der Waals surface area contributed by atoms with Gasteiger partial charge in [-0.1, -0.05) is 13.0 Å². The molecule has 0 spiro atoms. The first kappa shape index (κ1) is 13.9. The summed E-state index contributed by atoms with van der Waals surface area (Å²) in [5, 5.41) is 3.36. The first-order valence-electron chi connectivity index (χ1n) is 6.86. The molecule has 0 aromatic heterocycles. The molecule has 1 atom stereocenters. The van der Waals surface area contributed by atoms with E-state index in [1.807, 2.05) is 18.2 Å². The maximum atomic E-state index is 12.1. The number of methoxy groups -OCH3 is 1. The Labute approximate surface area is 114 Å². The van der Waals surface area contributed by atoms with E-state index in [4.69, 9.17) is 10.5 Å². The zero-order valence-corrected chi connectivity index (χ0v) is 11.7. The van der Waals surface area contributed by atoms with Crippen LogP contribution in [0.5, 0.6) is 5.75 Å². The van der Waals surface area contributed by atoms with Crippen LogP contribution in [-0.4, -0.2) is 19.6 Å². The lowest BCUT2D eigenvalue weighted by atomic mass is 9.75. The molecule has 1 unspecified atom stereocenters. The molecule has 0 heterocycles. The molecule has 0 bridgehead atoms. The van der Waals surface area contributed by atoms with Crippen molar-refractivity contribution in [1.82, 2.24) is 5.32 Å². The van der Waals surface area contributed by atoms with Gasteiger partial charge in [-0.25, -0.2) is 0 Å². The van der Waals surface area contributed by atoms with Gasteiger partial charge < -0.3 is 10.5 Å². The van der Waals surface area contributed by atoms with Gasteiger partial charge in [-0.05, 0) is 55.5 Å². The van der Waals surface area contributed by atoms with Gasteiger partial charge in [-0.15, -0.1) is 0 Å². The average Bonchev–Trinajstić information content (AvgIpc) is 2.44. The molecule has 3 N–H and O–H groups in total. The molecule has 1 aliphatic carbocycles. The number of ether oxygens (including phenoxy) is 1. The molecule has 0 radical (unpaired) electrons. The van der Waals surface area contributed by atoms with Crippen LogP contribution in [0.2, 0.25) is 0 Å². The zero-order valence-electron chi connectivity index (χ0n) is 11.7. The highest BCUT2D eigenvalue weighted by Gasteiger charge is 2.41. The van der Waals surface area contributed by atoms with Crippen LogP contribution >= 0.6 is 0 Å². The Morgan fingerprint density at radius 2 is 2.32 bits per heavy atom. The minimum Gasteiger partial charge on any atom is -0.497 e. The minimum atomic E-state index is -0.738. The van der Waals surface area contributed by atoms with E-state index in [0.717, 1.165) is 43.5 Å². The van der Waals surface area contributed by atoms with E-state index < -0.39 is 5.54 Å². The fourth-order valence-corrected chi connectivity index (χ4v) is 2.84. The number of carbonyl (C=O) groups is 1. The highest BCUT2D eigenvalue weighted by atomic mass is 16.5. The van der Waals surface area contributed by atoms with E-state index in [2.05, 4.69) is 12.2 Å². The van der Waals surface area contributed by atoms with E-state index in [1.54, 1.807) is 7.11 Å². The van der Waals surface area contributed by atoms with Gasteiger partial charge in [0.1, 0.15) is 11.3 Å². The molecule has 104 valence electrons. The van der Waals surface area contributed by atoms with Crippen LogP contribution in [0.3, 0.4) is 0 Å². The number of primary amides is 1. The molecule has 4 nitrogen and oxygen atoms in total. The number of aryl methyl sites for hydroxylation is 1. The number of hydrogen-bond donors (Lipinski definition) is 2. The monoisotopic (exact) mass is 262 g/mol. The second-order valence-electron chi connectivity index (χ2n) is 5.07. The molecule has 1 aromatic rings. The second-order valence-corrected chi connectivity index (χ2v) is 5.07. The highest BCUT2D eigenvalue weighted by Crippen LogP contribution is 2.37. The summed E-state index contributed by atoms with van der Waals surface area (Å²) in [6.45, 7) is 2.86. The van der Waals surface area contributed by atoms with Gasteiger partial charge in [0.2, 0.25) is 5.91 Å². The number of rotatable bonds is 5. The lowest BCUT2D eigenvalue weighted by Gasteiger charge is -2.37. The van der Waals surface area contributed by atoms with E-state index >= 15 is 0 Å². The van der Waals surface area contributed by atoms with E-state index in [-0.39, 0.29) is 5.91 Å². The normalized spacial score (nSPS) is 21.8. The number of carbonyl (C=O) groups excluding carboxylic acids is 1. The smallest absolute Gasteiger partial charge is 0.242 e. The largest absolute Gasteiger partial charge is 0.497 e. The molecule has 1 aromatic carbocycles. The van der Waals surface area contributed by atoms with Gasteiger partial charge in [-0.2, -0.15) is 0 Å². The van der Waals surface area contributed by atoms with E-state index in [0.29, 0.717) is 0 Å². The first-order valence-corrected chi connectivity index (χ1v) is 6.86. The number of benzene rings is 1. The molecule has 1 amide bonds. The van der Waals surface area contributed by atoms with Crippen LogP contribution in [0.25, 0.3) is 0 Å². The van der Waals surface area contributed by atoms with Gasteiger partial charge in [-0.3, -0.25) is 10.1 Å². The van der Waals surface area contributed by atoms with Crippen LogP contribution in [0.15, 0.2) is 18.2 Å². The average molecular weight is 262 g/mol. The van der Waals surface area contributed by atoms with E-state index in [1.165, 1.54) is 5.56 Å². The maximum absolute atomic E-state index is 12.1. The Balaban J connectivity index is 2.49. The number of fused-ring (bicyclic) bond motifs is 1. The molecule has 4 heteroatoms. The third-order valence-electron chi connectivity index (χ3n) is 3.87. The Kier molecular flexibility index (Phi) is 4.10. The molecule has 1 aliphatic rings. The van der Waals surface area contributed by atoms with Crippen molar-refractivity contribution >= 4 is 5.91 Å². The maximum Gasteiger partial charge on any atom is 0.242 e. The van der Waals surface area contributed by atoms with Gasteiger partial charge in [0.15, 0.2) is 0 Å². The van der Waals surface area contributed by atoms with Crippen molar-refractivity contribution in [3.63, 3.8) is 0 Å². The number of hydrogen-bond acceptors (Lipinski definition) is 3. The molecular formula is C15H22N2O2. The van der Waals surface area contributed by atoms with E-state index in [9.17, 15) is 4.79 Å². The molecule has 0 aliphatic heterocycles. The standard InChI is InChI=1S/C15H22N2O2/c1-3-9-17-15(14(16)18)8-4-5-11-6-7-12(19-2)10-13(11)15/h6-7,10,17H,3-5,8-9H2,1-2H3,(H2,16,18). The van der Waals surface area contributed by atoms with Crippen LogP contribution in [-0.2, 0) is 16.8 Å². The van der Waals surface area contributed by atoms with Crippen molar-refractivity contribution in [1.29, 1.82) is 0 Å². The SMILES string of the molecule is CCCNC1(C(N)=O)CCCc2ccc(OC)cc21. The van der Waals surface area contributed by atoms with Crippen LogP contribution in [0.1, 0.15) is 37.3 Å². The van der Waals surface area contributed by atoms with Crippen molar-refractivity contribution in [2.24, 2.45) is 5.73 Å². The molecule has 19 heavy (non-hydrogen) atoms. The zero-order chi connectivity index (χ0) is 13.9. The minimum absolute atomic E-state index is 0.296. The molecule has 0 saturated carbocycles. The summed E-state index contributed by atoms with van der Waals surface area (Å²) in [5.41, 5.74) is 7.14. The fourth-order valence-electron chi connectivity index (χ4n) is 2.84. The van der Waals surface area contributed by atoms with Gasteiger partial charge in [0.25, 0.3) is 0 Å². The van der Waals surface area contributed by atoms with Crippen LogP contribution in [0, 0.1) is 0 Å². The number of nitrogens with one attached hydrogen (secondary N) is 1. The predicted molar refractivity (Wildman–Crippen MR) is 75.1 cm³/mol. The third-order valence-corrected chi connectivity index (χ3v) is 3.87. The summed E-state index contributed by atoms with van der Waals surface area (Å²) in [6.07, 6.45) is 3.68. The van der Waals surface area contributed by atoms with Gasteiger partial charge in [0.05, 0.1) is 7.11 Å². The Morgan fingerprint density at radius 3 is 2.95 bits per heavy atom. The van der Waals surface area contributed by atoms with Crippen LogP contribution < -0.4 is 15.8 Å². The predicted octanol–water partition coefficient (Wildman–Crippen LogP) is 1.71. The highest BCUT2D eigenvalue weighted by molar-refractivity contribution is 5.87. The van der Waals surface area contributed by atoms with Crippen molar-refractivity contribution < 1.29 is 9.53 Å². The Morgan fingerprint density at radius 1 is 1.53 bits per heavy atom. The van der Waals surface area contributed by atoms with Crippen molar-refractivity contribution in [2.75, 3.05) is 13.7 Å². The first-order chi connectivity index (χ1) is 9.14. The van der Waals surface area contributed by atoms with Crippen molar-refractivity contribution in [2.45, 2.75) is 38.1 Å². The number of nitrogens with two attached hydrogens (primary N) is 1. The number of amides is 1. The summed E-state index contributed by atoms with van der Waals surface area (Å²) in [5.74, 6) is 0.472. The summed E-state index contributed by atoms with van der Waals surface area (Å²) >= 11 is 0. The van der Waals surface area contributed by atoms with Crippen molar-refractivity contribution in [3.8, 4) is 5.75 Å². The summed E-state index contributed by atoms with van der Waals surface area (Å²) < 4.78 is 5.28. The molecule has 0 fully saturated rings. The van der Waals surface area contributed by atoms with Gasteiger partial charge in [0, 0.05) is 0 Å². The topological polar surface area (TPSA) is 64.3 Å². The molecule has 2 rings (SSSR count). The van der Waals surface area contributed by atoms with Crippen molar-refractivity contribution in [3.05, 3.63) is 29.3 Å². The van der Waals surface area contributed by atoms with Crippen LogP contribution in [0.4, 0.5) is 0 Å². The summed E-state index contributed by atoms with van der Waals surface area (Å²) in [7, 11) is 1.63. The Hall–Kier alpha value is -1.55. The molecular weight excluding hydrogens is 240 g/mol. The van der Waals surface area contributed by atoms with Gasteiger partial charge >= 0.3 is 0 Å². The fraction of sp³-hybridized carbons (Fsp3) is 0.533. The quantitative estimate of drug-likeness (QED) is 0.849.